The third-order valence-corrected chi connectivity index (χ3v) is 3.14. The Morgan fingerprint density at radius 1 is 1.00 bits per heavy atom. The molecule has 0 saturated carbocycles. The van der Waals surface area contributed by atoms with E-state index in [1.165, 1.54) is 31.2 Å². The first-order valence-corrected chi connectivity index (χ1v) is 7.34. The van der Waals surface area contributed by atoms with Crippen LogP contribution in [0.3, 0.4) is 0 Å². The van der Waals surface area contributed by atoms with E-state index in [9.17, 15) is 4.79 Å². The molecular formula is C18H25NO. The maximum atomic E-state index is 10.3. The van der Waals surface area contributed by atoms with Gasteiger partial charge in [0, 0.05) is 13.6 Å². The molecule has 0 aromatic heterocycles. The second kappa shape index (κ2) is 11.0. The predicted octanol–water partition coefficient (Wildman–Crippen LogP) is 3.99. The number of carbonyl (C=O) groups is 1. The molecule has 0 unspecified atom stereocenters. The predicted molar refractivity (Wildman–Crippen MR) is 85.6 cm³/mol. The van der Waals surface area contributed by atoms with Crippen molar-refractivity contribution in [3.63, 3.8) is 0 Å². The van der Waals surface area contributed by atoms with E-state index in [0.717, 1.165) is 12.8 Å². The number of unbranched alkanes of at least 4 members (excludes halogenated alkanes) is 3. The first-order valence-electron chi connectivity index (χ1n) is 7.34. The molecule has 0 bridgehead atoms. The Bertz CT molecular complexity index is 409. The fraction of sp³-hybridized carbons (Fsp3) is 0.389. The SMILES string of the molecule is CN(C=O)C/C=C/C=C/CCCCCc1ccccc1. The lowest BCUT2D eigenvalue weighted by molar-refractivity contribution is -0.116. The molecular weight excluding hydrogens is 246 g/mol. The van der Waals surface area contributed by atoms with E-state index in [1.807, 2.05) is 12.2 Å². The lowest BCUT2D eigenvalue weighted by Gasteiger charge is -2.04. The number of benzene rings is 1. The molecule has 0 atom stereocenters. The van der Waals surface area contributed by atoms with E-state index in [-0.39, 0.29) is 0 Å². The van der Waals surface area contributed by atoms with E-state index >= 15 is 0 Å². The molecule has 20 heavy (non-hydrogen) atoms. The fourth-order valence-corrected chi connectivity index (χ4v) is 1.94. The van der Waals surface area contributed by atoms with Gasteiger partial charge in [0.1, 0.15) is 0 Å². The quantitative estimate of drug-likeness (QED) is 0.358. The van der Waals surface area contributed by atoms with Crippen molar-refractivity contribution < 1.29 is 4.79 Å². The summed E-state index contributed by atoms with van der Waals surface area (Å²) >= 11 is 0. The Labute approximate surface area is 122 Å². The lowest BCUT2D eigenvalue weighted by Crippen LogP contribution is -2.14. The van der Waals surface area contributed by atoms with Crippen LogP contribution in [0.5, 0.6) is 0 Å². The number of hydrogen-bond donors (Lipinski definition) is 0. The summed E-state index contributed by atoms with van der Waals surface area (Å²) in [5.41, 5.74) is 1.44. The van der Waals surface area contributed by atoms with Crippen molar-refractivity contribution in [2.75, 3.05) is 13.6 Å². The van der Waals surface area contributed by atoms with Crippen molar-refractivity contribution in [1.29, 1.82) is 0 Å². The van der Waals surface area contributed by atoms with Gasteiger partial charge in [0.2, 0.25) is 6.41 Å². The summed E-state index contributed by atoms with van der Waals surface area (Å²) in [4.78, 5) is 12.0. The van der Waals surface area contributed by atoms with Gasteiger partial charge in [-0.15, -0.1) is 0 Å². The first-order chi connectivity index (χ1) is 9.83. The molecule has 108 valence electrons. The summed E-state index contributed by atoms with van der Waals surface area (Å²) in [6.07, 6.45) is 15.2. The van der Waals surface area contributed by atoms with Gasteiger partial charge in [-0.25, -0.2) is 0 Å². The molecule has 1 aromatic rings. The lowest BCUT2D eigenvalue weighted by atomic mass is 10.1. The average molecular weight is 271 g/mol. The largest absolute Gasteiger partial charge is 0.345 e. The van der Waals surface area contributed by atoms with Gasteiger partial charge in [0.05, 0.1) is 0 Å². The van der Waals surface area contributed by atoms with Crippen LogP contribution >= 0.6 is 0 Å². The van der Waals surface area contributed by atoms with Gasteiger partial charge in [-0.05, 0) is 31.2 Å². The molecule has 0 fully saturated rings. The summed E-state index contributed by atoms with van der Waals surface area (Å²) in [6.45, 7) is 0.672. The number of likely N-dealkylation sites (N-methyl/N-ethyl adjacent to an activating group) is 1. The smallest absolute Gasteiger partial charge is 0.209 e. The zero-order valence-electron chi connectivity index (χ0n) is 12.4. The Morgan fingerprint density at radius 3 is 2.50 bits per heavy atom. The number of carbonyl (C=O) groups excluding carboxylic acids is 1. The topological polar surface area (TPSA) is 20.3 Å². The second-order valence-corrected chi connectivity index (χ2v) is 4.99. The van der Waals surface area contributed by atoms with Crippen LogP contribution in [0.1, 0.15) is 31.2 Å². The molecule has 0 N–H and O–H groups in total. The van der Waals surface area contributed by atoms with E-state index in [2.05, 4.69) is 42.5 Å². The summed E-state index contributed by atoms with van der Waals surface area (Å²) < 4.78 is 0. The van der Waals surface area contributed by atoms with Crippen molar-refractivity contribution in [3.05, 3.63) is 60.2 Å². The third-order valence-electron chi connectivity index (χ3n) is 3.14. The zero-order chi connectivity index (χ0) is 14.5. The Kier molecular flexibility index (Phi) is 8.95. The van der Waals surface area contributed by atoms with E-state index in [4.69, 9.17) is 0 Å². The van der Waals surface area contributed by atoms with Gasteiger partial charge in [0.25, 0.3) is 0 Å². The van der Waals surface area contributed by atoms with E-state index in [0.29, 0.717) is 6.54 Å². The number of amides is 1. The number of aryl methyl sites for hydroxylation is 1. The number of rotatable bonds is 10. The van der Waals surface area contributed by atoms with Crippen LogP contribution in [0.25, 0.3) is 0 Å². The molecule has 1 rings (SSSR count). The highest BCUT2D eigenvalue weighted by atomic mass is 16.1. The van der Waals surface area contributed by atoms with Crippen LogP contribution in [-0.2, 0) is 11.2 Å². The van der Waals surface area contributed by atoms with Gasteiger partial charge >= 0.3 is 0 Å². The molecule has 0 heterocycles. The average Bonchev–Trinajstić information content (AvgIpc) is 2.50. The summed E-state index contributed by atoms with van der Waals surface area (Å²) in [6, 6.07) is 10.7. The van der Waals surface area contributed by atoms with Crippen LogP contribution in [0.4, 0.5) is 0 Å². The van der Waals surface area contributed by atoms with Crippen molar-refractivity contribution >= 4 is 6.41 Å². The van der Waals surface area contributed by atoms with Crippen LogP contribution in [0, 0.1) is 0 Å². The van der Waals surface area contributed by atoms with Crippen LogP contribution < -0.4 is 0 Å². The molecule has 0 spiro atoms. The minimum absolute atomic E-state index is 0.672. The normalized spacial score (nSPS) is 11.2. The molecule has 1 aromatic carbocycles. The van der Waals surface area contributed by atoms with Gasteiger partial charge in [-0.3, -0.25) is 4.79 Å². The molecule has 2 heteroatoms. The molecule has 1 amide bonds. The number of allylic oxidation sites excluding steroid dienone is 3. The molecule has 0 radical (unpaired) electrons. The first kappa shape index (κ1) is 16.2. The third kappa shape index (κ3) is 8.30. The molecule has 0 aliphatic heterocycles. The summed E-state index contributed by atoms with van der Waals surface area (Å²) in [5.74, 6) is 0. The van der Waals surface area contributed by atoms with Gasteiger partial charge in [-0.2, -0.15) is 0 Å². The maximum absolute atomic E-state index is 10.3. The Morgan fingerprint density at radius 2 is 1.75 bits per heavy atom. The number of hydrogen-bond acceptors (Lipinski definition) is 1. The van der Waals surface area contributed by atoms with Crippen molar-refractivity contribution in [1.82, 2.24) is 4.90 Å². The molecule has 0 aliphatic rings. The maximum Gasteiger partial charge on any atom is 0.209 e. The zero-order valence-corrected chi connectivity index (χ0v) is 12.4. The standard InChI is InChI=1S/C18H25NO/c1-19(17-20)16-12-7-5-3-2-4-6-9-13-18-14-10-8-11-15-18/h3,5,7-8,10-12,14-15,17H,2,4,6,9,13,16H2,1H3/b5-3+,12-7+. The highest BCUT2D eigenvalue weighted by molar-refractivity contribution is 5.46. The Hall–Kier alpha value is -1.83. The monoisotopic (exact) mass is 271 g/mol. The van der Waals surface area contributed by atoms with Gasteiger partial charge in [-0.1, -0.05) is 61.1 Å². The summed E-state index contributed by atoms with van der Waals surface area (Å²) in [7, 11) is 1.77. The summed E-state index contributed by atoms with van der Waals surface area (Å²) in [5, 5.41) is 0. The van der Waals surface area contributed by atoms with Crippen molar-refractivity contribution in [2.24, 2.45) is 0 Å². The minimum Gasteiger partial charge on any atom is -0.345 e. The minimum atomic E-state index is 0.672. The fourth-order valence-electron chi connectivity index (χ4n) is 1.94. The van der Waals surface area contributed by atoms with Crippen LogP contribution in [0.2, 0.25) is 0 Å². The van der Waals surface area contributed by atoms with Crippen molar-refractivity contribution in [3.8, 4) is 0 Å². The van der Waals surface area contributed by atoms with Gasteiger partial charge in [0.15, 0.2) is 0 Å². The van der Waals surface area contributed by atoms with Crippen molar-refractivity contribution in [2.45, 2.75) is 32.1 Å². The number of nitrogens with zero attached hydrogens (tertiary/aromatic N) is 1. The van der Waals surface area contributed by atoms with E-state index < -0.39 is 0 Å². The van der Waals surface area contributed by atoms with Crippen LogP contribution in [-0.4, -0.2) is 24.9 Å². The molecule has 2 nitrogen and oxygen atoms in total. The second-order valence-electron chi connectivity index (χ2n) is 4.99. The van der Waals surface area contributed by atoms with E-state index in [1.54, 1.807) is 11.9 Å². The van der Waals surface area contributed by atoms with Crippen LogP contribution in [0.15, 0.2) is 54.6 Å². The Balaban J connectivity index is 1.98. The molecule has 0 aliphatic carbocycles. The highest BCUT2D eigenvalue weighted by Crippen LogP contribution is 2.07. The molecule has 0 saturated heterocycles. The van der Waals surface area contributed by atoms with Gasteiger partial charge < -0.3 is 4.90 Å². The highest BCUT2D eigenvalue weighted by Gasteiger charge is 1.91.